The van der Waals surface area contributed by atoms with Gasteiger partial charge in [0.05, 0.1) is 0 Å². The average Bonchev–Trinajstić information content (AvgIpc) is 3.09. The Morgan fingerprint density at radius 2 is 2.12 bits per heavy atom. The molecule has 25 heavy (non-hydrogen) atoms. The third-order valence-electron chi connectivity index (χ3n) is 5.21. The van der Waals surface area contributed by atoms with E-state index in [0.29, 0.717) is 5.13 Å². The van der Waals surface area contributed by atoms with Crippen LogP contribution in [0.2, 0.25) is 5.02 Å². The summed E-state index contributed by atoms with van der Waals surface area (Å²) in [5.41, 5.74) is 1.34. The number of amides is 1. The zero-order valence-corrected chi connectivity index (χ0v) is 16.1. The van der Waals surface area contributed by atoms with Crippen LogP contribution in [0.1, 0.15) is 29.7 Å². The fourth-order valence-corrected chi connectivity index (χ4v) is 4.71. The number of carbonyl (C=O) groups is 1. The van der Waals surface area contributed by atoms with Crippen molar-refractivity contribution in [1.82, 2.24) is 10.3 Å². The number of carbonyl (C=O) groups excluding carboxylic acids is 1. The molecule has 2 heterocycles. The van der Waals surface area contributed by atoms with Crippen molar-refractivity contribution in [2.24, 2.45) is 11.3 Å². The number of hydrogen-bond donors (Lipinski definition) is 2. The predicted molar refractivity (Wildman–Crippen MR) is 105 cm³/mol. The van der Waals surface area contributed by atoms with Crippen molar-refractivity contribution < 1.29 is 4.79 Å². The molecular formula is C18H21Cl2N3OS. The Bertz CT molecular complexity index is 758. The SMILES string of the molecule is Cl.O=C(Nc1ncc(Cc2ccccc2Cl)s1)C1CC12CCNCC2. The number of rotatable bonds is 4. The van der Waals surface area contributed by atoms with Gasteiger partial charge in [-0.05, 0) is 49.4 Å². The summed E-state index contributed by atoms with van der Waals surface area (Å²) in [6.45, 7) is 2.06. The van der Waals surface area contributed by atoms with Gasteiger partial charge in [-0.1, -0.05) is 29.8 Å². The fourth-order valence-electron chi connectivity index (χ4n) is 3.66. The van der Waals surface area contributed by atoms with Crippen LogP contribution in [0.5, 0.6) is 0 Å². The summed E-state index contributed by atoms with van der Waals surface area (Å²) in [5.74, 6) is 0.297. The summed E-state index contributed by atoms with van der Waals surface area (Å²) >= 11 is 7.74. The van der Waals surface area contributed by atoms with E-state index in [2.05, 4.69) is 15.6 Å². The van der Waals surface area contributed by atoms with Crippen molar-refractivity contribution in [1.29, 1.82) is 0 Å². The normalized spacial score (nSPS) is 20.8. The average molecular weight is 398 g/mol. The molecule has 1 saturated carbocycles. The first-order chi connectivity index (χ1) is 11.7. The van der Waals surface area contributed by atoms with Gasteiger partial charge in [0.25, 0.3) is 0 Å². The molecule has 1 spiro atoms. The van der Waals surface area contributed by atoms with Crippen molar-refractivity contribution in [3.63, 3.8) is 0 Å². The lowest BCUT2D eigenvalue weighted by Crippen LogP contribution is -2.31. The van der Waals surface area contributed by atoms with E-state index in [-0.39, 0.29) is 29.6 Å². The third kappa shape index (κ3) is 4.00. The number of anilines is 1. The number of hydrogen-bond acceptors (Lipinski definition) is 4. The Balaban J connectivity index is 0.00000182. The number of nitrogens with one attached hydrogen (secondary N) is 2. The number of thiazole rings is 1. The van der Waals surface area contributed by atoms with Gasteiger partial charge in [0.2, 0.25) is 5.91 Å². The zero-order chi connectivity index (χ0) is 16.6. The molecule has 7 heteroatoms. The Kier molecular flexibility index (Phi) is 5.68. The smallest absolute Gasteiger partial charge is 0.229 e. The van der Waals surface area contributed by atoms with Gasteiger partial charge in [0.15, 0.2) is 5.13 Å². The zero-order valence-electron chi connectivity index (χ0n) is 13.8. The van der Waals surface area contributed by atoms with Crippen LogP contribution in [-0.2, 0) is 11.2 Å². The lowest BCUT2D eigenvalue weighted by atomic mass is 9.92. The summed E-state index contributed by atoms with van der Waals surface area (Å²) in [7, 11) is 0. The van der Waals surface area contributed by atoms with Crippen LogP contribution in [0, 0.1) is 11.3 Å². The molecule has 4 nitrogen and oxygen atoms in total. The van der Waals surface area contributed by atoms with Gasteiger partial charge in [-0.3, -0.25) is 4.79 Å². The van der Waals surface area contributed by atoms with Gasteiger partial charge < -0.3 is 10.6 Å². The van der Waals surface area contributed by atoms with Crippen molar-refractivity contribution in [2.45, 2.75) is 25.7 Å². The van der Waals surface area contributed by atoms with E-state index in [1.54, 1.807) is 0 Å². The molecule has 1 aromatic carbocycles. The van der Waals surface area contributed by atoms with Crippen LogP contribution in [0.3, 0.4) is 0 Å². The summed E-state index contributed by atoms with van der Waals surface area (Å²) in [6.07, 6.45) is 5.82. The Morgan fingerprint density at radius 1 is 1.36 bits per heavy atom. The summed E-state index contributed by atoms with van der Waals surface area (Å²) in [6, 6.07) is 7.82. The highest BCUT2D eigenvalue weighted by molar-refractivity contribution is 7.15. The van der Waals surface area contributed by atoms with Crippen LogP contribution in [0.25, 0.3) is 0 Å². The van der Waals surface area contributed by atoms with E-state index in [1.807, 2.05) is 30.5 Å². The van der Waals surface area contributed by atoms with Crippen LogP contribution in [0.15, 0.2) is 30.5 Å². The Morgan fingerprint density at radius 3 is 2.88 bits per heavy atom. The topological polar surface area (TPSA) is 54.0 Å². The maximum atomic E-state index is 12.5. The van der Waals surface area contributed by atoms with Crippen LogP contribution in [0.4, 0.5) is 5.13 Å². The Hall–Kier alpha value is -1.14. The van der Waals surface area contributed by atoms with Gasteiger partial charge in [0, 0.05) is 28.4 Å². The second-order valence-corrected chi connectivity index (χ2v) is 8.28. The number of nitrogens with zero attached hydrogens (tertiary/aromatic N) is 1. The van der Waals surface area contributed by atoms with Crippen molar-refractivity contribution >= 4 is 46.4 Å². The first kappa shape index (κ1) is 18.6. The standard InChI is InChI=1S/C18H20ClN3OS.ClH/c19-15-4-2-1-3-12(15)9-13-11-21-17(24-13)22-16(23)14-10-18(14)5-7-20-8-6-18;/h1-4,11,14,20H,5-10H2,(H,21,22,23);1H. The number of halogens is 2. The van der Waals surface area contributed by atoms with E-state index in [4.69, 9.17) is 11.6 Å². The molecule has 2 N–H and O–H groups in total. The van der Waals surface area contributed by atoms with Crippen LogP contribution >= 0.6 is 35.3 Å². The monoisotopic (exact) mass is 397 g/mol. The predicted octanol–water partition coefficient (Wildman–Crippen LogP) is 4.14. The number of benzene rings is 1. The van der Waals surface area contributed by atoms with Gasteiger partial charge in [-0.25, -0.2) is 4.98 Å². The minimum Gasteiger partial charge on any atom is -0.317 e. The van der Waals surface area contributed by atoms with E-state index in [9.17, 15) is 4.79 Å². The van der Waals surface area contributed by atoms with E-state index >= 15 is 0 Å². The van der Waals surface area contributed by atoms with Crippen molar-refractivity contribution in [3.05, 3.63) is 45.9 Å². The minimum absolute atomic E-state index is 0. The summed E-state index contributed by atoms with van der Waals surface area (Å²) < 4.78 is 0. The quantitative estimate of drug-likeness (QED) is 0.814. The number of aromatic nitrogens is 1. The molecule has 1 aliphatic heterocycles. The lowest BCUT2D eigenvalue weighted by molar-refractivity contribution is -0.118. The van der Waals surface area contributed by atoms with Gasteiger partial charge in [-0.2, -0.15) is 0 Å². The summed E-state index contributed by atoms with van der Waals surface area (Å²) in [4.78, 5) is 17.9. The van der Waals surface area contributed by atoms with Crippen LogP contribution < -0.4 is 10.6 Å². The van der Waals surface area contributed by atoms with E-state index < -0.39 is 0 Å². The molecule has 1 aromatic heterocycles. The molecule has 2 fully saturated rings. The minimum atomic E-state index is 0. The number of piperidine rings is 1. The van der Waals surface area contributed by atoms with E-state index in [1.165, 1.54) is 11.3 Å². The maximum Gasteiger partial charge on any atom is 0.229 e. The molecule has 1 atom stereocenters. The van der Waals surface area contributed by atoms with E-state index in [0.717, 1.165) is 54.2 Å². The molecule has 134 valence electrons. The highest BCUT2D eigenvalue weighted by Crippen LogP contribution is 2.58. The van der Waals surface area contributed by atoms with Crippen molar-refractivity contribution in [3.8, 4) is 0 Å². The second kappa shape index (κ2) is 7.62. The first-order valence-corrected chi connectivity index (χ1v) is 9.55. The van der Waals surface area contributed by atoms with Gasteiger partial charge >= 0.3 is 0 Å². The highest BCUT2D eigenvalue weighted by atomic mass is 35.5. The second-order valence-electron chi connectivity index (χ2n) is 6.76. The lowest BCUT2D eigenvalue weighted by Gasteiger charge is -2.22. The molecule has 0 bridgehead atoms. The molecule has 2 aromatic rings. The Labute approximate surface area is 162 Å². The summed E-state index contributed by atoms with van der Waals surface area (Å²) in [5, 5.41) is 7.84. The third-order valence-corrected chi connectivity index (χ3v) is 6.49. The maximum absolute atomic E-state index is 12.5. The molecule has 4 rings (SSSR count). The molecule has 1 amide bonds. The molecule has 2 aliphatic rings. The molecular weight excluding hydrogens is 377 g/mol. The first-order valence-electron chi connectivity index (χ1n) is 8.36. The fraction of sp³-hybridized carbons (Fsp3) is 0.444. The van der Waals surface area contributed by atoms with Crippen molar-refractivity contribution in [2.75, 3.05) is 18.4 Å². The van der Waals surface area contributed by atoms with Gasteiger partial charge in [0.1, 0.15) is 0 Å². The molecule has 0 radical (unpaired) electrons. The van der Waals surface area contributed by atoms with Crippen LogP contribution in [-0.4, -0.2) is 24.0 Å². The molecule has 1 saturated heterocycles. The largest absolute Gasteiger partial charge is 0.317 e. The molecule has 1 aliphatic carbocycles. The molecule has 1 unspecified atom stereocenters. The highest BCUT2D eigenvalue weighted by Gasteiger charge is 2.57. The van der Waals surface area contributed by atoms with Gasteiger partial charge in [-0.15, -0.1) is 23.7 Å².